The SMILES string of the molecule is Cn1cc(C(=O)NC(CCN)CC2=COOC=C2)c(-c2cccc3sccc23)n1. The summed E-state index contributed by atoms with van der Waals surface area (Å²) in [5.74, 6) is -0.170. The molecule has 0 saturated carbocycles. The molecule has 1 aliphatic heterocycles. The topological polar surface area (TPSA) is 91.4 Å². The molecule has 1 unspecified atom stereocenters. The first-order valence-electron chi connectivity index (χ1n) is 9.34. The fourth-order valence-electron chi connectivity index (χ4n) is 3.42. The van der Waals surface area contributed by atoms with Crippen LogP contribution in [0.1, 0.15) is 23.2 Å². The molecule has 0 bridgehead atoms. The van der Waals surface area contributed by atoms with Crippen LogP contribution < -0.4 is 11.1 Å². The van der Waals surface area contributed by atoms with Gasteiger partial charge in [0.1, 0.15) is 18.2 Å². The number of nitrogens with zero attached hydrogens (tertiary/aromatic N) is 2. The summed E-state index contributed by atoms with van der Waals surface area (Å²) in [5, 5.41) is 10.8. The van der Waals surface area contributed by atoms with E-state index in [2.05, 4.69) is 22.5 Å². The number of rotatable bonds is 7. The van der Waals surface area contributed by atoms with Crippen LogP contribution in [-0.2, 0) is 16.8 Å². The molecule has 3 aromatic rings. The molecule has 150 valence electrons. The maximum Gasteiger partial charge on any atom is 0.255 e. The molecule has 0 saturated heterocycles. The van der Waals surface area contributed by atoms with Gasteiger partial charge in [-0.05, 0) is 48.5 Å². The average Bonchev–Trinajstić information content (AvgIpc) is 3.35. The van der Waals surface area contributed by atoms with E-state index in [9.17, 15) is 4.79 Å². The van der Waals surface area contributed by atoms with E-state index in [0.29, 0.717) is 30.6 Å². The minimum atomic E-state index is -0.170. The third kappa shape index (κ3) is 4.18. The van der Waals surface area contributed by atoms with Gasteiger partial charge in [-0.2, -0.15) is 5.10 Å². The molecule has 1 atom stereocenters. The first-order chi connectivity index (χ1) is 14.2. The van der Waals surface area contributed by atoms with Crippen LogP contribution in [0.3, 0.4) is 0 Å². The summed E-state index contributed by atoms with van der Waals surface area (Å²) >= 11 is 1.67. The quantitative estimate of drug-likeness (QED) is 0.582. The Morgan fingerprint density at radius 2 is 2.24 bits per heavy atom. The van der Waals surface area contributed by atoms with Crippen molar-refractivity contribution < 1.29 is 14.6 Å². The largest absolute Gasteiger partial charge is 0.349 e. The number of aromatic nitrogens is 2. The van der Waals surface area contributed by atoms with Crippen LogP contribution in [0.25, 0.3) is 21.3 Å². The summed E-state index contributed by atoms with van der Waals surface area (Å²) < 4.78 is 2.84. The molecule has 2 aromatic heterocycles. The lowest BCUT2D eigenvalue weighted by atomic mass is 10.0. The summed E-state index contributed by atoms with van der Waals surface area (Å²) in [6, 6.07) is 8.00. The van der Waals surface area contributed by atoms with Crippen LogP contribution in [-0.4, -0.2) is 28.3 Å². The lowest BCUT2D eigenvalue weighted by molar-refractivity contribution is -0.199. The third-order valence-electron chi connectivity index (χ3n) is 4.75. The highest BCUT2D eigenvalue weighted by Crippen LogP contribution is 2.32. The molecule has 7 nitrogen and oxygen atoms in total. The van der Waals surface area contributed by atoms with Gasteiger partial charge in [0, 0.05) is 34.9 Å². The summed E-state index contributed by atoms with van der Waals surface area (Å²) in [6.45, 7) is 0.466. The molecule has 3 heterocycles. The molecule has 4 rings (SSSR count). The normalized spacial score (nSPS) is 14.2. The number of hydrogen-bond acceptors (Lipinski definition) is 6. The van der Waals surface area contributed by atoms with E-state index in [4.69, 9.17) is 15.5 Å². The molecule has 8 heteroatoms. The van der Waals surface area contributed by atoms with Crippen LogP contribution in [0, 0.1) is 0 Å². The van der Waals surface area contributed by atoms with Crippen LogP contribution in [0.2, 0.25) is 0 Å². The molecule has 0 aliphatic carbocycles. The van der Waals surface area contributed by atoms with E-state index in [1.54, 1.807) is 22.2 Å². The van der Waals surface area contributed by atoms with Crippen molar-refractivity contribution in [2.24, 2.45) is 12.8 Å². The first kappa shape index (κ1) is 19.2. The van der Waals surface area contributed by atoms with Crippen molar-refractivity contribution in [3.8, 4) is 11.3 Å². The van der Waals surface area contributed by atoms with Gasteiger partial charge in [-0.15, -0.1) is 11.3 Å². The van der Waals surface area contributed by atoms with Crippen LogP contribution in [0.5, 0.6) is 0 Å². The van der Waals surface area contributed by atoms with Crippen molar-refractivity contribution in [1.82, 2.24) is 15.1 Å². The summed E-state index contributed by atoms with van der Waals surface area (Å²) in [4.78, 5) is 22.7. The number of hydrogen-bond donors (Lipinski definition) is 2. The Labute approximate surface area is 172 Å². The Hall–Kier alpha value is -3.10. The highest BCUT2D eigenvalue weighted by atomic mass is 32.1. The molecule has 0 fully saturated rings. The van der Waals surface area contributed by atoms with Gasteiger partial charge in [-0.25, -0.2) is 0 Å². The number of amides is 1. The van der Waals surface area contributed by atoms with Gasteiger partial charge >= 0.3 is 0 Å². The fraction of sp³-hybridized carbons (Fsp3) is 0.238. The maximum absolute atomic E-state index is 13.2. The number of carbonyl (C=O) groups is 1. The van der Waals surface area contributed by atoms with Crippen LogP contribution >= 0.6 is 11.3 Å². The van der Waals surface area contributed by atoms with Gasteiger partial charge < -0.3 is 11.1 Å². The summed E-state index contributed by atoms with van der Waals surface area (Å²) in [5.41, 5.74) is 8.85. The predicted molar refractivity (Wildman–Crippen MR) is 113 cm³/mol. The highest BCUT2D eigenvalue weighted by molar-refractivity contribution is 7.17. The molecule has 0 radical (unpaired) electrons. The smallest absolute Gasteiger partial charge is 0.255 e. The van der Waals surface area contributed by atoms with Crippen molar-refractivity contribution in [1.29, 1.82) is 0 Å². The summed E-state index contributed by atoms with van der Waals surface area (Å²) in [7, 11) is 1.82. The van der Waals surface area contributed by atoms with Crippen molar-refractivity contribution in [3.05, 3.63) is 65.6 Å². The minimum Gasteiger partial charge on any atom is -0.349 e. The number of benzene rings is 1. The van der Waals surface area contributed by atoms with E-state index in [1.165, 1.54) is 17.2 Å². The van der Waals surface area contributed by atoms with E-state index in [-0.39, 0.29) is 11.9 Å². The number of allylic oxidation sites excluding steroid dienone is 1. The second kappa shape index (κ2) is 8.50. The molecular weight excluding hydrogens is 388 g/mol. The Balaban J connectivity index is 1.61. The maximum atomic E-state index is 13.2. The molecule has 1 aliphatic rings. The molecule has 3 N–H and O–H groups in total. The lowest BCUT2D eigenvalue weighted by Crippen LogP contribution is -2.36. The molecule has 0 spiro atoms. The van der Waals surface area contributed by atoms with E-state index < -0.39 is 0 Å². The van der Waals surface area contributed by atoms with Gasteiger partial charge in [-0.1, -0.05) is 12.1 Å². The highest BCUT2D eigenvalue weighted by Gasteiger charge is 2.22. The average molecular weight is 410 g/mol. The van der Waals surface area contributed by atoms with Crippen molar-refractivity contribution in [3.63, 3.8) is 0 Å². The number of thiophene rings is 1. The monoisotopic (exact) mass is 410 g/mol. The van der Waals surface area contributed by atoms with E-state index >= 15 is 0 Å². The molecular formula is C21H22N4O3S. The number of aryl methyl sites for hydroxylation is 1. The molecule has 29 heavy (non-hydrogen) atoms. The fourth-order valence-corrected chi connectivity index (χ4v) is 4.23. The number of carbonyl (C=O) groups excluding carboxylic acids is 1. The minimum absolute atomic E-state index is 0.130. The Morgan fingerprint density at radius 3 is 3.03 bits per heavy atom. The van der Waals surface area contributed by atoms with Crippen molar-refractivity contribution >= 4 is 27.3 Å². The second-order valence-electron chi connectivity index (χ2n) is 6.84. The zero-order valence-electron chi connectivity index (χ0n) is 16.0. The summed E-state index contributed by atoms with van der Waals surface area (Å²) in [6.07, 6.45) is 7.81. The predicted octanol–water partition coefficient (Wildman–Crippen LogP) is 3.50. The van der Waals surface area contributed by atoms with Crippen LogP contribution in [0.4, 0.5) is 0 Å². The third-order valence-corrected chi connectivity index (χ3v) is 5.63. The molecule has 1 aromatic carbocycles. The van der Waals surface area contributed by atoms with E-state index in [0.717, 1.165) is 16.5 Å². The Morgan fingerprint density at radius 1 is 1.34 bits per heavy atom. The Bertz CT molecular complexity index is 1080. The van der Waals surface area contributed by atoms with Gasteiger partial charge in [-0.3, -0.25) is 19.3 Å². The number of nitrogens with two attached hydrogens (primary N) is 1. The van der Waals surface area contributed by atoms with Crippen molar-refractivity contribution in [2.45, 2.75) is 18.9 Å². The zero-order chi connectivity index (χ0) is 20.2. The standard InChI is InChI=1S/C21H22N4O3S/c1-25-12-18(20(24-25)17-3-2-4-19-16(17)7-10-29-19)21(26)23-15(5-8-22)11-14-6-9-27-28-13-14/h2-4,6-7,9-10,12-13,15H,5,8,11,22H2,1H3,(H,23,26). The van der Waals surface area contributed by atoms with Crippen LogP contribution in [0.15, 0.2) is 60.0 Å². The second-order valence-corrected chi connectivity index (χ2v) is 7.79. The molecule has 1 amide bonds. The van der Waals surface area contributed by atoms with Gasteiger partial charge in [0.05, 0.1) is 5.56 Å². The number of fused-ring (bicyclic) bond motifs is 1. The zero-order valence-corrected chi connectivity index (χ0v) is 16.8. The van der Waals surface area contributed by atoms with E-state index in [1.807, 2.05) is 30.6 Å². The first-order valence-corrected chi connectivity index (χ1v) is 10.2. The van der Waals surface area contributed by atoms with Crippen molar-refractivity contribution in [2.75, 3.05) is 6.54 Å². The number of nitrogens with one attached hydrogen (secondary N) is 1. The van der Waals surface area contributed by atoms with Gasteiger partial charge in [0.25, 0.3) is 5.91 Å². The Kier molecular flexibility index (Phi) is 5.64. The van der Waals surface area contributed by atoms with Gasteiger partial charge in [0.2, 0.25) is 0 Å². The van der Waals surface area contributed by atoms with Gasteiger partial charge in [0.15, 0.2) is 0 Å². The lowest BCUT2D eigenvalue weighted by Gasteiger charge is -2.19.